The second-order valence-electron chi connectivity index (χ2n) is 13.0. The maximum atomic E-state index is 13.2. The lowest BCUT2D eigenvalue weighted by Crippen LogP contribution is -2.39. The van der Waals surface area contributed by atoms with Crippen molar-refractivity contribution in [2.24, 2.45) is 0 Å². The van der Waals surface area contributed by atoms with Gasteiger partial charge in [0.25, 0.3) is 5.91 Å². The molecule has 1 amide bonds. The van der Waals surface area contributed by atoms with E-state index in [1.54, 1.807) is 31.2 Å². The van der Waals surface area contributed by atoms with Crippen molar-refractivity contribution in [2.45, 2.75) is 56.6 Å². The molecule has 53 heavy (non-hydrogen) atoms. The fourth-order valence-electron chi connectivity index (χ4n) is 6.87. The third-order valence-corrected chi connectivity index (χ3v) is 10.2. The number of nitrogens with zero attached hydrogens (tertiary/aromatic N) is 1. The average molecular weight is 750 g/mol. The smallest absolute Gasteiger partial charge is 0.352 e. The largest absolute Gasteiger partial charge is 0.462 e. The van der Waals surface area contributed by atoms with E-state index in [9.17, 15) is 9.59 Å². The molecule has 0 saturated carbocycles. The first-order valence-electron chi connectivity index (χ1n) is 17.4. The van der Waals surface area contributed by atoms with Crippen LogP contribution >= 0.6 is 23.8 Å². The molecule has 272 valence electrons. The molecule has 10 nitrogen and oxygen atoms in total. The SMILES string of the molecule is CCOC(=O)c1snc([C@@H]2O[C@H](COC(c3ccccc3)(c3ccccc3)c3ccccc3)[C@H]3OC(C)(C)O[C@H]32)c1NC(=S)NC(=O)c1ccccc1. The molecule has 2 N–H and O–H groups in total. The van der Waals surface area contributed by atoms with E-state index in [2.05, 4.69) is 47.0 Å². The molecule has 3 heterocycles. The normalized spacial score (nSPS) is 20.4. The third kappa shape index (κ3) is 7.52. The molecule has 7 rings (SSSR count). The van der Waals surface area contributed by atoms with Crippen molar-refractivity contribution in [3.8, 4) is 0 Å². The lowest BCUT2D eigenvalue weighted by atomic mass is 9.80. The van der Waals surface area contributed by atoms with Crippen molar-refractivity contribution in [1.82, 2.24) is 9.69 Å². The zero-order chi connectivity index (χ0) is 37.0. The Balaban J connectivity index is 1.23. The maximum absolute atomic E-state index is 13.2. The topological polar surface area (TPSA) is 117 Å². The molecular formula is C41H39N3O7S2. The van der Waals surface area contributed by atoms with Crippen LogP contribution in [0.25, 0.3) is 0 Å². The summed E-state index contributed by atoms with van der Waals surface area (Å²) in [6, 6.07) is 39.0. The number of carbonyl (C=O) groups is 2. The summed E-state index contributed by atoms with van der Waals surface area (Å²) in [7, 11) is 0. The number of anilines is 1. The summed E-state index contributed by atoms with van der Waals surface area (Å²) in [6.07, 6.45) is -2.60. The van der Waals surface area contributed by atoms with Gasteiger partial charge in [0.15, 0.2) is 15.8 Å². The van der Waals surface area contributed by atoms with Gasteiger partial charge in [-0.3, -0.25) is 10.1 Å². The Morgan fingerprint density at radius 3 is 1.91 bits per heavy atom. The van der Waals surface area contributed by atoms with Gasteiger partial charge in [0, 0.05) is 5.56 Å². The summed E-state index contributed by atoms with van der Waals surface area (Å²) in [5.74, 6) is -1.95. The second kappa shape index (κ2) is 15.7. The second-order valence-corrected chi connectivity index (χ2v) is 14.2. The molecule has 0 aliphatic carbocycles. The lowest BCUT2D eigenvalue weighted by molar-refractivity contribution is -0.196. The molecule has 2 aliphatic heterocycles. The van der Waals surface area contributed by atoms with Gasteiger partial charge >= 0.3 is 5.97 Å². The Hall–Kier alpha value is -4.82. The summed E-state index contributed by atoms with van der Waals surface area (Å²) in [4.78, 5) is 26.3. The van der Waals surface area contributed by atoms with Crippen molar-refractivity contribution < 1.29 is 33.3 Å². The summed E-state index contributed by atoms with van der Waals surface area (Å²) < 4.78 is 36.9. The van der Waals surface area contributed by atoms with Gasteiger partial charge in [-0.1, -0.05) is 109 Å². The first-order valence-corrected chi connectivity index (χ1v) is 18.5. The van der Waals surface area contributed by atoms with Gasteiger partial charge in [-0.15, -0.1) is 0 Å². The fraction of sp³-hybridized carbons (Fsp3) is 0.268. The number of fused-ring (bicyclic) bond motifs is 1. The molecule has 4 aromatic carbocycles. The third-order valence-electron chi connectivity index (χ3n) is 9.11. The van der Waals surface area contributed by atoms with Crippen LogP contribution in [0.3, 0.4) is 0 Å². The van der Waals surface area contributed by atoms with E-state index < -0.39 is 47.7 Å². The molecule has 0 bridgehead atoms. The Morgan fingerprint density at radius 2 is 1.36 bits per heavy atom. The quantitative estimate of drug-likeness (QED) is 0.0803. The van der Waals surface area contributed by atoms with Crippen LogP contribution in [0.1, 0.15) is 69.3 Å². The van der Waals surface area contributed by atoms with Crippen molar-refractivity contribution in [1.29, 1.82) is 0 Å². The molecule has 0 unspecified atom stereocenters. The van der Waals surface area contributed by atoms with Crippen molar-refractivity contribution in [3.05, 3.63) is 154 Å². The number of esters is 1. The van der Waals surface area contributed by atoms with Gasteiger partial charge in [-0.2, -0.15) is 4.37 Å². The number of thiocarbonyl (C=S) groups is 1. The lowest BCUT2D eigenvalue weighted by Gasteiger charge is -2.37. The average Bonchev–Trinajstić information content (AvgIpc) is 3.84. The molecule has 2 fully saturated rings. The Kier molecular flexibility index (Phi) is 10.8. The first-order chi connectivity index (χ1) is 25.7. The number of benzene rings is 4. The minimum atomic E-state index is -0.997. The summed E-state index contributed by atoms with van der Waals surface area (Å²) in [5, 5.41) is 5.72. The highest BCUT2D eigenvalue weighted by Crippen LogP contribution is 2.49. The van der Waals surface area contributed by atoms with Gasteiger partial charge in [0.2, 0.25) is 0 Å². The molecule has 5 aromatic rings. The van der Waals surface area contributed by atoms with Gasteiger partial charge in [-0.25, -0.2) is 4.79 Å². The molecule has 2 aliphatic rings. The van der Waals surface area contributed by atoms with Crippen molar-refractivity contribution in [3.63, 3.8) is 0 Å². The van der Waals surface area contributed by atoms with Crippen LogP contribution in [-0.2, 0) is 29.3 Å². The van der Waals surface area contributed by atoms with Crippen molar-refractivity contribution >= 4 is 46.4 Å². The standard InChI is InChI=1S/C41H39N3O7S2/c1-4-47-38(46)36-32(42-39(52)43-37(45)26-17-9-5-10-18-26)31(44-53-36)34-35-33(50-40(2,3)51-35)30(49-34)25-48-41(27-19-11-6-12-20-27,28-21-13-7-14-22-28)29-23-15-8-16-24-29/h5-24,30,33-35H,4,25H2,1-3H3,(H2,42,43,45,52)/t30-,33-,34+,35-/m1/s1. The van der Waals surface area contributed by atoms with Crippen LogP contribution in [0.5, 0.6) is 0 Å². The van der Waals surface area contributed by atoms with Crippen LogP contribution < -0.4 is 10.6 Å². The minimum absolute atomic E-state index is 0.0254. The van der Waals surface area contributed by atoms with E-state index in [1.165, 1.54) is 0 Å². The summed E-state index contributed by atoms with van der Waals surface area (Å²) in [6.45, 7) is 5.68. The number of carbonyl (C=O) groups excluding carboxylic acids is 2. The van der Waals surface area contributed by atoms with E-state index in [4.69, 9.17) is 40.3 Å². The van der Waals surface area contributed by atoms with Crippen LogP contribution in [0.15, 0.2) is 121 Å². The van der Waals surface area contributed by atoms with E-state index in [1.807, 2.05) is 74.5 Å². The summed E-state index contributed by atoms with van der Waals surface area (Å²) >= 11 is 6.51. The highest BCUT2D eigenvalue weighted by molar-refractivity contribution is 7.80. The molecule has 4 atom stereocenters. The molecule has 2 saturated heterocycles. The monoisotopic (exact) mass is 749 g/mol. The number of rotatable bonds is 11. The van der Waals surface area contributed by atoms with Gasteiger partial charge in [0.1, 0.15) is 35.7 Å². The van der Waals surface area contributed by atoms with E-state index in [-0.39, 0.29) is 28.9 Å². The highest BCUT2D eigenvalue weighted by atomic mass is 32.1. The Bertz CT molecular complexity index is 1950. The Morgan fingerprint density at radius 1 is 0.830 bits per heavy atom. The molecule has 12 heteroatoms. The number of nitrogens with one attached hydrogen (secondary N) is 2. The Labute approximate surface area is 317 Å². The molecule has 0 radical (unpaired) electrons. The van der Waals surface area contributed by atoms with Crippen LogP contribution in [0.4, 0.5) is 5.69 Å². The van der Waals surface area contributed by atoms with Gasteiger partial charge in [0.05, 0.1) is 18.9 Å². The molecular weight excluding hydrogens is 711 g/mol. The number of hydrogen-bond donors (Lipinski definition) is 2. The van der Waals surface area contributed by atoms with Gasteiger partial charge in [-0.05, 0) is 73.3 Å². The van der Waals surface area contributed by atoms with Crippen LogP contribution in [0.2, 0.25) is 0 Å². The first kappa shape index (κ1) is 36.5. The minimum Gasteiger partial charge on any atom is -0.462 e. The van der Waals surface area contributed by atoms with E-state index in [0.29, 0.717) is 11.3 Å². The summed E-state index contributed by atoms with van der Waals surface area (Å²) in [5.41, 5.74) is 2.90. The molecule has 0 spiro atoms. The maximum Gasteiger partial charge on any atom is 0.352 e. The zero-order valence-electron chi connectivity index (χ0n) is 29.4. The number of hydrogen-bond acceptors (Lipinski definition) is 10. The number of amides is 1. The van der Waals surface area contributed by atoms with Crippen LogP contribution in [0, 0.1) is 0 Å². The predicted octanol–water partition coefficient (Wildman–Crippen LogP) is 7.42. The van der Waals surface area contributed by atoms with E-state index >= 15 is 0 Å². The zero-order valence-corrected chi connectivity index (χ0v) is 31.0. The number of ether oxygens (including phenoxy) is 5. The van der Waals surface area contributed by atoms with E-state index in [0.717, 1.165) is 28.2 Å². The molecule has 1 aromatic heterocycles. The van der Waals surface area contributed by atoms with Gasteiger partial charge < -0.3 is 29.0 Å². The number of aromatic nitrogens is 1. The van der Waals surface area contributed by atoms with Crippen molar-refractivity contribution in [2.75, 3.05) is 18.5 Å². The highest BCUT2D eigenvalue weighted by Gasteiger charge is 2.57. The fourth-order valence-corrected chi connectivity index (χ4v) is 7.83. The van der Waals surface area contributed by atoms with Crippen LogP contribution in [-0.4, -0.2) is 58.7 Å². The predicted molar refractivity (Wildman–Crippen MR) is 205 cm³/mol.